The molecule has 2 aromatic carbocycles. The molecule has 3 N–H and O–H groups in total. The first-order valence-corrected chi connectivity index (χ1v) is 10.7. The molecule has 3 rings (SSSR count). The van der Waals surface area contributed by atoms with Gasteiger partial charge in [-0.05, 0) is 41.8 Å². The van der Waals surface area contributed by atoms with Crippen LogP contribution in [0.1, 0.15) is 21.7 Å². The van der Waals surface area contributed by atoms with Gasteiger partial charge in [-0.3, -0.25) is 9.59 Å². The molecule has 0 fully saturated rings. The Morgan fingerprint density at radius 2 is 1.71 bits per heavy atom. The standard InChI is InChI=1S/C21H19FN2O6S/c22-16-5-1-15(2-6-16)12-29-20-13-30-19(11-18(20)25)21(26)24-10-9-14-3-7-17(8-4-14)31(23,27)28/h1-8,11,13H,9-10,12H2,(H,24,26)(H2,23,27,28). The summed E-state index contributed by atoms with van der Waals surface area (Å²) < 4.78 is 45.9. The topological polar surface area (TPSA) is 129 Å². The summed E-state index contributed by atoms with van der Waals surface area (Å²) in [5.74, 6) is -1.21. The molecular formula is C21H19FN2O6S. The second kappa shape index (κ2) is 9.54. The highest BCUT2D eigenvalue weighted by atomic mass is 32.2. The molecule has 0 spiro atoms. The third-order valence-corrected chi connectivity index (χ3v) is 5.21. The van der Waals surface area contributed by atoms with Gasteiger partial charge in [0.25, 0.3) is 5.91 Å². The van der Waals surface area contributed by atoms with E-state index in [-0.39, 0.29) is 35.4 Å². The van der Waals surface area contributed by atoms with E-state index < -0.39 is 21.4 Å². The number of nitrogens with one attached hydrogen (secondary N) is 1. The Morgan fingerprint density at radius 1 is 1.06 bits per heavy atom. The molecule has 8 nitrogen and oxygen atoms in total. The zero-order valence-electron chi connectivity index (χ0n) is 16.2. The van der Waals surface area contributed by atoms with Crippen molar-refractivity contribution in [3.63, 3.8) is 0 Å². The Morgan fingerprint density at radius 3 is 2.32 bits per heavy atom. The molecule has 0 unspecified atom stereocenters. The summed E-state index contributed by atoms with van der Waals surface area (Å²) in [5.41, 5.74) is 0.926. The zero-order chi connectivity index (χ0) is 22.4. The molecule has 0 saturated heterocycles. The number of ether oxygens (including phenoxy) is 1. The number of benzene rings is 2. The van der Waals surface area contributed by atoms with Gasteiger partial charge in [-0.2, -0.15) is 0 Å². The molecule has 0 bridgehead atoms. The van der Waals surface area contributed by atoms with Crippen LogP contribution in [0.4, 0.5) is 4.39 Å². The Hall–Kier alpha value is -3.50. The van der Waals surface area contributed by atoms with Gasteiger partial charge in [0.2, 0.25) is 21.2 Å². The predicted octanol–water partition coefficient (Wildman–Crippen LogP) is 1.98. The SMILES string of the molecule is NS(=O)(=O)c1ccc(CCNC(=O)c2cc(=O)c(OCc3ccc(F)cc3)co2)cc1. The lowest BCUT2D eigenvalue weighted by Crippen LogP contribution is -2.26. The molecule has 31 heavy (non-hydrogen) atoms. The Labute approximate surface area is 177 Å². The van der Waals surface area contributed by atoms with E-state index in [1.807, 2.05) is 0 Å². The maximum Gasteiger partial charge on any atom is 0.287 e. The monoisotopic (exact) mass is 446 g/mol. The number of amides is 1. The summed E-state index contributed by atoms with van der Waals surface area (Å²) in [6, 6.07) is 12.6. The minimum absolute atomic E-state index is 0.00352. The van der Waals surface area contributed by atoms with E-state index in [0.717, 1.165) is 17.9 Å². The van der Waals surface area contributed by atoms with Crippen LogP contribution in [0, 0.1) is 5.82 Å². The maximum atomic E-state index is 12.9. The third-order valence-electron chi connectivity index (χ3n) is 4.28. The summed E-state index contributed by atoms with van der Waals surface area (Å²) in [4.78, 5) is 24.3. The van der Waals surface area contributed by atoms with Gasteiger partial charge in [0.1, 0.15) is 18.7 Å². The predicted molar refractivity (Wildman–Crippen MR) is 110 cm³/mol. The third kappa shape index (κ3) is 6.24. The minimum atomic E-state index is -3.76. The van der Waals surface area contributed by atoms with E-state index in [2.05, 4.69) is 5.32 Å². The lowest BCUT2D eigenvalue weighted by Gasteiger charge is -2.07. The molecule has 0 saturated carbocycles. The molecule has 0 atom stereocenters. The molecular weight excluding hydrogens is 427 g/mol. The van der Waals surface area contributed by atoms with Crippen LogP contribution in [0.15, 0.2) is 75.0 Å². The number of carbonyl (C=O) groups excluding carboxylic acids is 1. The second-order valence-electron chi connectivity index (χ2n) is 6.58. The highest BCUT2D eigenvalue weighted by Crippen LogP contribution is 2.11. The first-order valence-electron chi connectivity index (χ1n) is 9.12. The average molecular weight is 446 g/mol. The number of hydrogen-bond acceptors (Lipinski definition) is 6. The van der Waals surface area contributed by atoms with Gasteiger partial charge in [-0.15, -0.1) is 0 Å². The molecule has 3 aromatic rings. The molecule has 1 heterocycles. The molecule has 0 aliphatic heterocycles. The van der Waals surface area contributed by atoms with Crippen LogP contribution >= 0.6 is 0 Å². The number of hydrogen-bond donors (Lipinski definition) is 2. The number of sulfonamides is 1. The largest absolute Gasteiger partial charge is 0.482 e. The summed E-state index contributed by atoms with van der Waals surface area (Å²) in [5, 5.41) is 7.66. The summed E-state index contributed by atoms with van der Waals surface area (Å²) in [6.07, 6.45) is 1.48. The summed E-state index contributed by atoms with van der Waals surface area (Å²) in [6.45, 7) is 0.279. The van der Waals surface area contributed by atoms with Crippen LogP contribution < -0.4 is 20.6 Å². The fourth-order valence-corrected chi connectivity index (χ4v) is 3.13. The van der Waals surface area contributed by atoms with Crippen molar-refractivity contribution >= 4 is 15.9 Å². The van der Waals surface area contributed by atoms with Crippen LogP contribution in [-0.2, 0) is 23.1 Å². The van der Waals surface area contributed by atoms with Gasteiger partial charge in [0.15, 0.2) is 5.76 Å². The lowest BCUT2D eigenvalue weighted by atomic mass is 10.1. The summed E-state index contributed by atoms with van der Waals surface area (Å²) >= 11 is 0. The zero-order valence-corrected chi connectivity index (χ0v) is 17.0. The van der Waals surface area contributed by atoms with Gasteiger partial charge in [-0.1, -0.05) is 24.3 Å². The fraction of sp³-hybridized carbons (Fsp3) is 0.143. The van der Waals surface area contributed by atoms with Gasteiger partial charge < -0.3 is 14.5 Å². The van der Waals surface area contributed by atoms with Crippen molar-refractivity contribution in [2.24, 2.45) is 5.14 Å². The Bertz CT molecular complexity index is 1220. The first kappa shape index (κ1) is 22.2. The van der Waals surface area contributed by atoms with Crippen molar-refractivity contribution in [2.45, 2.75) is 17.9 Å². The molecule has 162 valence electrons. The smallest absolute Gasteiger partial charge is 0.287 e. The van der Waals surface area contributed by atoms with E-state index in [9.17, 15) is 22.4 Å². The molecule has 1 amide bonds. The van der Waals surface area contributed by atoms with E-state index in [4.69, 9.17) is 14.3 Å². The Kier molecular flexibility index (Phi) is 6.83. The molecule has 1 aromatic heterocycles. The highest BCUT2D eigenvalue weighted by molar-refractivity contribution is 7.89. The van der Waals surface area contributed by atoms with Crippen molar-refractivity contribution in [1.29, 1.82) is 0 Å². The minimum Gasteiger partial charge on any atom is -0.482 e. The van der Waals surface area contributed by atoms with Gasteiger partial charge >= 0.3 is 0 Å². The fourth-order valence-electron chi connectivity index (χ4n) is 2.62. The number of primary sulfonamides is 1. The van der Waals surface area contributed by atoms with E-state index in [1.165, 1.54) is 36.4 Å². The average Bonchev–Trinajstić information content (AvgIpc) is 2.73. The van der Waals surface area contributed by atoms with Crippen molar-refractivity contribution in [1.82, 2.24) is 5.32 Å². The molecule has 10 heteroatoms. The molecule has 0 aliphatic rings. The number of rotatable bonds is 8. The van der Waals surface area contributed by atoms with Crippen LogP contribution in [-0.4, -0.2) is 20.9 Å². The highest BCUT2D eigenvalue weighted by Gasteiger charge is 2.12. The molecule has 0 radical (unpaired) electrons. The molecule has 0 aliphatic carbocycles. The van der Waals surface area contributed by atoms with Crippen molar-refractivity contribution in [3.8, 4) is 5.75 Å². The second-order valence-corrected chi connectivity index (χ2v) is 8.14. The normalized spacial score (nSPS) is 11.2. The quantitative estimate of drug-likeness (QED) is 0.544. The maximum absolute atomic E-state index is 12.9. The van der Waals surface area contributed by atoms with Gasteiger partial charge in [0.05, 0.1) is 4.90 Å². The first-order chi connectivity index (χ1) is 14.7. The van der Waals surface area contributed by atoms with Gasteiger partial charge in [-0.25, -0.2) is 17.9 Å². The van der Waals surface area contributed by atoms with E-state index in [1.54, 1.807) is 12.1 Å². The van der Waals surface area contributed by atoms with Crippen LogP contribution in [0.3, 0.4) is 0 Å². The van der Waals surface area contributed by atoms with Crippen molar-refractivity contribution in [3.05, 3.63) is 93.8 Å². The van der Waals surface area contributed by atoms with Crippen molar-refractivity contribution in [2.75, 3.05) is 6.54 Å². The lowest BCUT2D eigenvalue weighted by molar-refractivity contribution is 0.0923. The number of halogens is 1. The summed E-state index contributed by atoms with van der Waals surface area (Å²) in [7, 11) is -3.76. The van der Waals surface area contributed by atoms with Crippen LogP contribution in [0.2, 0.25) is 0 Å². The van der Waals surface area contributed by atoms with Crippen molar-refractivity contribution < 1.29 is 26.8 Å². The number of carbonyl (C=O) groups is 1. The van der Waals surface area contributed by atoms with E-state index >= 15 is 0 Å². The van der Waals surface area contributed by atoms with E-state index in [0.29, 0.717) is 12.0 Å². The van der Waals surface area contributed by atoms with Crippen LogP contribution in [0.5, 0.6) is 5.75 Å². The number of nitrogens with two attached hydrogens (primary N) is 1. The Balaban J connectivity index is 1.53. The van der Waals surface area contributed by atoms with Crippen LogP contribution in [0.25, 0.3) is 0 Å². The van der Waals surface area contributed by atoms with Gasteiger partial charge in [0, 0.05) is 12.6 Å².